The Morgan fingerprint density at radius 1 is 0.941 bits per heavy atom. The molecule has 3 rings (SSSR count). The Bertz CT molecular complexity index is 680. The van der Waals surface area contributed by atoms with E-state index in [1.165, 1.54) is 0 Å². The first-order chi connectivity index (χ1) is 8.33. The molecule has 0 unspecified atom stereocenters. The van der Waals surface area contributed by atoms with Crippen molar-refractivity contribution in [2.75, 3.05) is 0 Å². The molecule has 0 N–H and O–H groups in total. The molecule has 2 nitrogen and oxygen atoms in total. The van der Waals surface area contributed by atoms with E-state index >= 15 is 0 Å². The molecule has 0 bridgehead atoms. The summed E-state index contributed by atoms with van der Waals surface area (Å²) < 4.78 is 0. The topological polar surface area (TPSA) is 25.8 Å². The third-order valence-corrected chi connectivity index (χ3v) is 2.83. The Balaban J connectivity index is 2.18. The van der Waals surface area contributed by atoms with Crippen molar-refractivity contribution < 1.29 is 0 Å². The Morgan fingerprint density at radius 2 is 1.88 bits per heavy atom. The Morgan fingerprint density at radius 3 is 2.76 bits per heavy atom. The van der Waals surface area contributed by atoms with Crippen molar-refractivity contribution in [1.82, 2.24) is 9.97 Å². The predicted octanol–water partition coefficient (Wildman–Crippen LogP) is 3.95. The number of pyridine rings is 2. The first kappa shape index (κ1) is 10.2. The first-order valence-electron chi connectivity index (χ1n) is 5.31. The van der Waals surface area contributed by atoms with Gasteiger partial charge >= 0.3 is 0 Å². The quantitative estimate of drug-likeness (QED) is 0.602. The standard InChI is InChI=1S/C14H9ClN2/c15-14-5-1-4-12(17-14)11-7-6-10-3-2-8-16-13(10)9-11/h1-9H. The molecule has 0 atom stereocenters. The summed E-state index contributed by atoms with van der Waals surface area (Å²) in [6.07, 6.45) is 1.79. The molecule has 0 spiro atoms. The highest BCUT2D eigenvalue weighted by Gasteiger charge is 2.01. The third kappa shape index (κ3) is 1.99. The van der Waals surface area contributed by atoms with Gasteiger partial charge in [0, 0.05) is 17.1 Å². The van der Waals surface area contributed by atoms with Crippen LogP contribution in [0.2, 0.25) is 5.15 Å². The lowest BCUT2D eigenvalue weighted by molar-refractivity contribution is 1.32. The van der Waals surface area contributed by atoms with Crippen LogP contribution in [-0.2, 0) is 0 Å². The lowest BCUT2D eigenvalue weighted by atomic mass is 10.1. The van der Waals surface area contributed by atoms with Crippen molar-refractivity contribution in [3.63, 3.8) is 0 Å². The molecule has 0 aliphatic heterocycles. The van der Waals surface area contributed by atoms with Crippen LogP contribution in [0.5, 0.6) is 0 Å². The summed E-state index contributed by atoms with van der Waals surface area (Å²) in [6.45, 7) is 0. The molecular weight excluding hydrogens is 232 g/mol. The highest BCUT2D eigenvalue weighted by Crippen LogP contribution is 2.22. The van der Waals surface area contributed by atoms with E-state index in [1.54, 1.807) is 12.3 Å². The molecule has 2 aromatic heterocycles. The molecule has 3 aromatic rings. The van der Waals surface area contributed by atoms with Crippen molar-refractivity contribution >= 4 is 22.5 Å². The maximum atomic E-state index is 5.89. The van der Waals surface area contributed by atoms with Crippen LogP contribution in [0.15, 0.2) is 54.7 Å². The maximum absolute atomic E-state index is 5.89. The summed E-state index contributed by atoms with van der Waals surface area (Å²) in [7, 11) is 0. The average molecular weight is 241 g/mol. The molecule has 1 aromatic carbocycles. The minimum Gasteiger partial charge on any atom is -0.256 e. The van der Waals surface area contributed by atoms with Crippen LogP contribution in [0.4, 0.5) is 0 Å². The number of halogens is 1. The minimum atomic E-state index is 0.503. The van der Waals surface area contributed by atoms with E-state index < -0.39 is 0 Å². The second kappa shape index (κ2) is 4.15. The van der Waals surface area contributed by atoms with E-state index in [4.69, 9.17) is 11.6 Å². The van der Waals surface area contributed by atoms with Gasteiger partial charge in [-0.15, -0.1) is 0 Å². The van der Waals surface area contributed by atoms with E-state index in [2.05, 4.69) is 9.97 Å². The van der Waals surface area contributed by atoms with Crippen LogP contribution in [0, 0.1) is 0 Å². The van der Waals surface area contributed by atoms with Crippen LogP contribution >= 0.6 is 11.6 Å². The van der Waals surface area contributed by atoms with E-state index in [9.17, 15) is 0 Å². The summed E-state index contributed by atoms with van der Waals surface area (Å²) in [5, 5.41) is 1.63. The lowest BCUT2D eigenvalue weighted by Gasteiger charge is -2.03. The summed E-state index contributed by atoms with van der Waals surface area (Å²) in [5.74, 6) is 0. The molecule has 17 heavy (non-hydrogen) atoms. The molecule has 0 fully saturated rings. The second-order valence-corrected chi connectivity index (χ2v) is 4.14. The molecule has 0 aliphatic rings. The number of aromatic nitrogens is 2. The zero-order valence-electron chi connectivity index (χ0n) is 8.97. The van der Waals surface area contributed by atoms with Crippen molar-refractivity contribution in [3.05, 3.63) is 59.9 Å². The van der Waals surface area contributed by atoms with Crippen LogP contribution < -0.4 is 0 Å². The molecule has 0 saturated carbocycles. The summed E-state index contributed by atoms with van der Waals surface area (Å²) in [6, 6.07) is 15.7. The molecule has 2 heterocycles. The van der Waals surface area contributed by atoms with Gasteiger partial charge in [0.25, 0.3) is 0 Å². The van der Waals surface area contributed by atoms with Gasteiger partial charge in [0.05, 0.1) is 11.2 Å². The Labute approximate surface area is 104 Å². The molecule has 3 heteroatoms. The van der Waals surface area contributed by atoms with Gasteiger partial charge in [-0.3, -0.25) is 4.98 Å². The number of nitrogens with zero attached hydrogens (tertiary/aromatic N) is 2. The zero-order valence-corrected chi connectivity index (χ0v) is 9.72. The van der Waals surface area contributed by atoms with Gasteiger partial charge in [-0.25, -0.2) is 4.98 Å². The van der Waals surface area contributed by atoms with Crippen LogP contribution in [0.3, 0.4) is 0 Å². The van der Waals surface area contributed by atoms with Crippen molar-refractivity contribution in [1.29, 1.82) is 0 Å². The highest BCUT2D eigenvalue weighted by molar-refractivity contribution is 6.29. The van der Waals surface area contributed by atoms with Gasteiger partial charge in [-0.1, -0.05) is 35.9 Å². The first-order valence-corrected chi connectivity index (χ1v) is 5.68. The normalized spacial score (nSPS) is 10.6. The molecule has 0 amide bonds. The van der Waals surface area contributed by atoms with Gasteiger partial charge in [0.2, 0.25) is 0 Å². The monoisotopic (exact) mass is 240 g/mol. The summed E-state index contributed by atoms with van der Waals surface area (Å²) in [5.41, 5.74) is 2.86. The van der Waals surface area contributed by atoms with E-state index in [1.807, 2.05) is 42.5 Å². The Hall–Kier alpha value is -1.93. The number of benzene rings is 1. The van der Waals surface area contributed by atoms with Crippen LogP contribution in [0.1, 0.15) is 0 Å². The number of hydrogen-bond donors (Lipinski definition) is 0. The molecule has 0 saturated heterocycles. The summed E-state index contributed by atoms with van der Waals surface area (Å²) in [4.78, 5) is 8.62. The fourth-order valence-corrected chi connectivity index (χ4v) is 1.96. The largest absolute Gasteiger partial charge is 0.256 e. The van der Waals surface area contributed by atoms with Crippen molar-refractivity contribution in [3.8, 4) is 11.3 Å². The molecular formula is C14H9ClN2. The second-order valence-electron chi connectivity index (χ2n) is 3.76. The number of fused-ring (bicyclic) bond motifs is 1. The van der Waals surface area contributed by atoms with E-state index in [0.717, 1.165) is 22.2 Å². The number of hydrogen-bond acceptors (Lipinski definition) is 2. The van der Waals surface area contributed by atoms with Crippen molar-refractivity contribution in [2.24, 2.45) is 0 Å². The zero-order chi connectivity index (χ0) is 11.7. The van der Waals surface area contributed by atoms with Crippen LogP contribution in [-0.4, -0.2) is 9.97 Å². The maximum Gasteiger partial charge on any atom is 0.129 e. The van der Waals surface area contributed by atoms with Crippen LogP contribution in [0.25, 0.3) is 22.2 Å². The van der Waals surface area contributed by atoms with E-state index in [-0.39, 0.29) is 0 Å². The average Bonchev–Trinajstić information content (AvgIpc) is 2.38. The molecule has 82 valence electrons. The van der Waals surface area contributed by atoms with Gasteiger partial charge in [0.15, 0.2) is 0 Å². The lowest BCUT2D eigenvalue weighted by Crippen LogP contribution is -1.85. The van der Waals surface area contributed by atoms with Gasteiger partial charge in [-0.2, -0.15) is 0 Å². The fraction of sp³-hybridized carbons (Fsp3) is 0. The predicted molar refractivity (Wildman–Crippen MR) is 70.0 cm³/mol. The fourth-order valence-electron chi connectivity index (χ4n) is 1.79. The van der Waals surface area contributed by atoms with Gasteiger partial charge in [0.1, 0.15) is 5.15 Å². The Kier molecular flexibility index (Phi) is 2.50. The van der Waals surface area contributed by atoms with Crippen molar-refractivity contribution in [2.45, 2.75) is 0 Å². The SMILES string of the molecule is Clc1cccc(-c2ccc3cccnc3c2)n1. The summed E-state index contributed by atoms with van der Waals surface area (Å²) >= 11 is 5.89. The van der Waals surface area contributed by atoms with Gasteiger partial charge in [-0.05, 0) is 24.3 Å². The number of rotatable bonds is 1. The smallest absolute Gasteiger partial charge is 0.129 e. The highest BCUT2D eigenvalue weighted by atomic mass is 35.5. The van der Waals surface area contributed by atoms with E-state index in [0.29, 0.717) is 5.15 Å². The minimum absolute atomic E-state index is 0.503. The van der Waals surface area contributed by atoms with Gasteiger partial charge < -0.3 is 0 Å². The third-order valence-electron chi connectivity index (χ3n) is 2.62. The molecule has 0 aliphatic carbocycles. The molecule has 0 radical (unpaired) electrons.